The Balaban J connectivity index is 1.72. The van der Waals surface area contributed by atoms with Crippen molar-refractivity contribution in [1.29, 1.82) is 0 Å². The molecule has 0 spiro atoms. The van der Waals surface area contributed by atoms with Crippen molar-refractivity contribution in [3.63, 3.8) is 0 Å². The van der Waals surface area contributed by atoms with Crippen LogP contribution in [0, 0.1) is 0 Å². The molecule has 1 N–H and O–H groups in total. The highest BCUT2D eigenvalue weighted by molar-refractivity contribution is 7.91. The molecule has 0 bridgehead atoms. The van der Waals surface area contributed by atoms with Gasteiger partial charge in [0.2, 0.25) is 5.95 Å². The predicted molar refractivity (Wildman–Crippen MR) is 102 cm³/mol. The van der Waals surface area contributed by atoms with Gasteiger partial charge < -0.3 is 10.2 Å². The molecule has 1 atom stereocenters. The molecular formula is C17H19ClN4O3S. The molecule has 2 heterocycles. The van der Waals surface area contributed by atoms with Gasteiger partial charge in [-0.15, -0.1) is 0 Å². The van der Waals surface area contributed by atoms with Crippen LogP contribution in [-0.4, -0.2) is 48.4 Å². The van der Waals surface area contributed by atoms with Crippen molar-refractivity contribution in [3.05, 3.63) is 47.2 Å². The third-order valence-corrected chi connectivity index (χ3v) is 6.22. The van der Waals surface area contributed by atoms with Crippen molar-refractivity contribution in [3.8, 4) is 0 Å². The second-order valence-electron chi connectivity index (χ2n) is 6.08. The third kappa shape index (κ3) is 4.31. The number of benzene rings is 1. The summed E-state index contributed by atoms with van der Waals surface area (Å²) in [7, 11) is -2.99. The Hall–Kier alpha value is -2.19. The molecule has 1 aliphatic heterocycles. The van der Waals surface area contributed by atoms with Crippen LogP contribution in [0.3, 0.4) is 0 Å². The van der Waals surface area contributed by atoms with Crippen molar-refractivity contribution < 1.29 is 13.2 Å². The van der Waals surface area contributed by atoms with Gasteiger partial charge in [0, 0.05) is 35.7 Å². The van der Waals surface area contributed by atoms with Crippen molar-refractivity contribution in [2.24, 2.45) is 0 Å². The number of halogens is 1. The van der Waals surface area contributed by atoms with E-state index in [1.807, 2.05) is 11.8 Å². The summed E-state index contributed by atoms with van der Waals surface area (Å²) < 4.78 is 23.4. The first-order chi connectivity index (χ1) is 12.4. The van der Waals surface area contributed by atoms with Crippen molar-refractivity contribution in [1.82, 2.24) is 9.97 Å². The molecule has 1 amide bonds. The summed E-state index contributed by atoms with van der Waals surface area (Å²) in [6.45, 7) is 2.52. The fourth-order valence-electron chi connectivity index (χ4n) is 2.94. The van der Waals surface area contributed by atoms with Crippen LogP contribution in [0.25, 0.3) is 0 Å². The smallest absolute Gasteiger partial charge is 0.258 e. The quantitative estimate of drug-likeness (QED) is 0.837. The molecule has 3 rings (SSSR count). The maximum Gasteiger partial charge on any atom is 0.258 e. The number of aromatic nitrogens is 2. The zero-order chi connectivity index (χ0) is 18.7. The summed E-state index contributed by atoms with van der Waals surface area (Å²) >= 11 is 5.90. The number of nitrogens with one attached hydrogen (secondary N) is 1. The van der Waals surface area contributed by atoms with Crippen LogP contribution in [0.4, 0.5) is 11.6 Å². The number of amides is 1. The second-order valence-corrected chi connectivity index (χ2v) is 8.74. The second kappa shape index (κ2) is 7.59. The lowest BCUT2D eigenvalue weighted by atomic mass is 10.2. The predicted octanol–water partition coefficient (Wildman–Crippen LogP) is 2.40. The summed E-state index contributed by atoms with van der Waals surface area (Å²) in [4.78, 5) is 22.7. The molecule has 1 saturated heterocycles. The standard InChI is InChI=1S/C17H19ClN4O3S/c1-2-22(15-6-7-26(24,25)11-15)17-19-9-12(10-20-17)16(23)21-14-5-3-4-13(18)8-14/h3-5,8-10,15H,2,6-7,11H2,1H3,(H,21,23). The number of carbonyl (C=O) groups excluding carboxylic acids is 1. The Morgan fingerprint density at radius 3 is 2.65 bits per heavy atom. The first-order valence-electron chi connectivity index (χ1n) is 8.24. The fourth-order valence-corrected chi connectivity index (χ4v) is 4.86. The molecule has 0 saturated carbocycles. The van der Waals surface area contributed by atoms with Gasteiger partial charge in [-0.3, -0.25) is 4.79 Å². The Bertz CT molecular complexity index is 902. The van der Waals surface area contributed by atoms with Crippen LogP contribution in [0.15, 0.2) is 36.7 Å². The van der Waals surface area contributed by atoms with E-state index in [-0.39, 0.29) is 23.5 Å². The molecule has 0 aliphatic carbocycles. The SMILES string of the molecule is CCN(c1ncc(C(=O)Nc2cccc(Cl)c2)cn1)C1CCS(=O)(=O)C1. The van der Waals surface area contributed by atoms with Crippen LogP contribution in [0.5, 0.6) is 0 Å². The van der Waals surface area contributed by atoms with Gasteiger partial charge in [0.1, 0.15) is 0 Å². The average Bonchev–Trinajstić information content (AvgIpc) is 2.96. The van der Waals surface area contributed by atoms with E-state index in [2.05, 4.69) is 15.3 Å². The van der Waals surface area contributed by atoms with Gasteiger partial charge in [-0.1, -0.05) is 17.7 Å². The van der Waals surface area contributed by atoms with E-state index in [1.165, 1.54) is 12.4 Å². The fraction of sp³-hybridized carbons (Fsp3) is 0.353. The lowest BCUT2D eigenvalue weighted by Gasteiger charge is -2.26. The molecule has 26 heavy (non-hydrogen) atoms. The molecule has 2 aromatic rings. The topological polar surface area (TPSA) is 92.3 Å². The molecule has 1 aromatic carbocycles. The summed E-state index contributed by atoms with van der Waals surface area (Å²) in [6.07, 6.45) is 3.44. The van der Waals surface area contributed by atoms with Crippen molar-refractivity contribution >= 4 is 39.0 Å². The van der Waals surface area contributed by atoms with Gasteiger partial charge >= 0.3 is 0 Å². The number of nitrogens with zero attached hydrogens (tertiary/aromatic N) is 3. The minimum atomic E-state index is -2.99. The zero-order valence-corrected chi connectivity index (χ0v) is 15.8. The summed E-state index contributed by atoms with van der Waals surface area (Å²) in [6, 6.07) is 6.72. The van der Waals surface area contributed by atoms with Gasteiger partial charge in [0.05, 0.1) is 17.1 Å². The van der Waals surface area contributed by atoms with Crippen molar-refractivity contribution in [2.45, 2.75) is 19.4 Å². The zero-order valence-electron chi connectivity index (χ0n) is 14.2. The molecule has 138 valence electrons. The normalized spacial score (nSPS) is 18.5. The molecule has 1 aromatic heterocycles. The third-order valence-electron chi connectivity index (χ3n) is 4.23. The number of hydrogen-bond acceptors (Lipinski definition) is 6. The monoisotopic (exact) mass is 394 g/mol. The summed E-state index contributed by atoms with van der Waals surface area (Å²) in [5.41, 5.74) is 0.891. The average molecular weight is 395 g/mol. The van der Waals surface area contributed by atoms with E-state index in [1.54, 1.807) is 24.3 Å². The highest BCUT2D eigenvalue weighted by Gasteiger charge is 2.32. The number of rotatable bonds is 5. The largest absolute Gasteiger partial charge is 0.337 e. The van der Waals surface area contributed by atoms with Crippen molar-refractivity contribution in [2.75, 3.05) is 28.3 Å². The van der Waals surface area contributed by atoms with Crippen LogP contribution in [0.2, 0.25) is 5.02 Å². The van der Waals surface area contributed by atoms with E-state index in [0.29, 0.717) is 35.2 Å². The molecule has 9 heteroatoms. The Kier molecular flexibility index (Phi) is 5.43. The molecule has 0 radical (unpaired) electrons. The Labute approximate surface area is 157 Å². The molecule has 1 aliphatic rings. The molecule has 1 unspecified atom stereocenters. The number of hydrogen-bond donors (Lipinski definition) is 1. The maximum absolute atomic E-state index is 12.3. The lowest BCUT2D eigenvalue weighted by Crippen LogP contribution is -2.37. The van der Waals surface area contributed by atoms with Crippen LogP contribution in [0.1, 0.15) is 23.7 Å². The molecule has 7 nitrogen and oxygen atoms in total. The molecule has 1 fully saturated rings. The Morgan fingerprint density at radius 2 is 2.08 bits per heavy atom. The van der Waals surface area contributed by atoms with Gasteiger partial charge in [0.25, 0.3) is 5.91 Å². The van der Waals surface area contributed by atoms with Gasteiger partial charge in [-0.25, -0.2) is 18.4 Å². The van der Waals surface area contributed by atoms with Gasteiger partial charge in [-0.05, 0) is 31.5 Å². The summed E-state index contributed by atoms with van der Waals surface area (Å²) in [5, 5.41) is 3.26. The van der Waals surface area contributed by atoms with E-state index in [0.717, 1.165) is 0 Å². The first kappa shape index (κ1) is 18.6. The first-order valence-corrected chi connectivity index (χ1v) is 10.4. The van der Waals surface area contributed by atoms with Crippen LogP contribution >= 0.6 is 11.6 Å². The van der Waals surface area contributed by atoms with E-state index < -0.39 is 9.84 Å². The maximum atomic E-state index is 12.3. The number of sulfone groups is 1. The van der Waals surface area contributed by atoms with E-state index >= 15 is 0 Å². The highest BCUT2D eigenvalue weighted by Crippen LogP contribution is 2.21. The highest BCUT2D eigenvalue weighted by atomic mass is 35.5. The van der Waals surface area contributed by atoms with E-state index in [9.17, 15) is 13.2 Å². The lowest BCUT2D eigenvalue weighted by molar-refractivity contribution is 0.102. The van der Waals surface area contributed by atoms with Crippen LogP contribution < -0.4 is 10.2 Å². The number of carbonyl (C=O) groups is 1. The summed E-state index contributed by atoms with van der Waals surface area (Å²) in [5.74, 6) is 0.384. The van der Waals surface area contributed by atoms with Crippen LogP contribution in [-0.2, 0) is 9.84 Å². The Morgan fingerprint density at radius 1 is 1.35 bits per heavy atom. The minimum absolute atomic E-state index is 0.112. The van der Waals surface area contributed by atoms with E-state index in [4.69, 9.17) is 11.6 Å². The minimum Gasteiger partial charge on any atom is -0.337 e. The van der Waals surface area contributed by atoms with Gasteiger partial charge in [-0.2, -0.15) is 0 Å². The number of anilines is 2. The van der Waals surface area contributed by atoms with Gasteiger partial charge in [0.15, 0.2) is 9.84 Å². The molecular weight excluding hydrogens is 376 g/mol.